The van der Waals surface area contributed by atoms with Gasteiger partial charge in [0.2, 0.25) is 0 Å². The number of carbonyl (C=O) groups excluding carboxylic acids is 1. The van der Waals surface area contributed by atoms with Gasteiger partial charge >= 0.3 is 5.97 Å². The number of ether oxygens (including phenoxy) is 1. The molecule has 0 aliphatic heterocycles. The Hall–Kier alpha value is -3.03. The van der Waals surface area contributed by atoms with Crippen molar-refractivity contribution in [2.24, 2.45) is 0 Å². The minimum Gasteiger partial charge on any atom is -0.463 e. The highest BCUT2D eigenvalue weighted by Gasteiger charge is 2.18. The van der Waals surface area contributed by atoms with Crippen molar-refractivity contribution in [2.45, 2.75) is 32.4 Å². The number of fused-ring (bicyclic) bond motifs is 1. The first-order valence-corrected chi connectivity index (χ1v) is 7.68. The fraction of sp³-hybridized carbons (Fsp3) is 0.312. The Labute approximate surface area is 138 Å². The first-order chi connectivity index (χ1) is 11.6. The third-order valence-corrected chi connectivity index (χ3v) is 3.33. The largest absolute Gasteiger partial charge is 0.463 e. The molecule has 8 nitrogen and oxygen atoms in total. The SMILES string of the molecule is CC(C)OC(=O)C[C@H](Nc1ccc2nnnn2n1)c1ccccc1. The second kappa shape index (κ2) is 7.03. The monoisotopic (exact) mass is 326 g/mol. The van der Waals surface area contributed by atoms with Crippen molar-refractivity contribution in [2.75, 3.05) is 5.32 Å². The fourth-order valence-corrected chi connectivity index (χ4v) is 2.32. The molecule has 1 atom stereocenters. The number of hydrogen-bond acceptors (Lipinski definition) is 7. The summed E-state index contributed by atoms with van der Waals surface area (Å²) in [5, 5.41) is 18.7. The lowest BCUT2D eigenvalue weighted by Gasteiger charge is -2.19. The van der Waals surface area contributed by atoms with Gasteiger partial charge in [-0.15, -0.1) is 14.8 Å². The van der Waals surface area contributed by atoms with Gasteiger partial charge in [-0.25, -0.2) is 0 Å². The lowest BCUT2D eigenvalue weighted by molar-refractivity contribution is -0.147. The molecule has 0 spiro atoms. The van der Waals surface area contributed by atoms with Crippen LogP contribution in [0.1, 0.15) is 31.9 Å². The molecule has 2 heterocycles. The summed E-state index contributed by atoms with van der Waals surface area (Å²) in [7, 11) is 0. The van der Waals surface area contributed by atoms with Crippen LogP contribution in [0.3, 0.4) is 0 Å². The average molecular weight is 326 g/mol. The summed E-state index contributed by atoms with van der Waals surface area (Å²) in [6.45, 7) is 3.66. The van der Waals surface area contributed by atoms with E-state index in [1.54, 1.807) is 12.1 Å². The molecule has 0 bridgehead atoms. The highest BCUT2D eigenvalue weighted by atomic mass is 16.5. The second-order valence-electron chi connectivity index (χ2n) is 5.60. The van der Waals surface area contributed by atoms with Gasteiger partial charge < -0.3 is 10.1 Å². The zero-order valence-corrected chi connectivity index (χ0v) is 13.5. The third-order valence-electron chi connectivity index (χ3n) is 3.33. The van der Waals surface area contributed by atoms with E-state index in [1.807, 2.05) is 44.2 Å². The topological polar surface area (TPSA) is 94.3 Å². The van der Waals surface area contributed by atoms with Crippen molar-refractivity contribution in [3.05, 3.63) is 48.0 Å². The fourth-order valence-electron chi connectivity index (χ4n) is 2.32. The van der Waals surface area contributed by atoms with Gasteiger partial charge in [0.15, 0.2) is 5.65 Å². The smallest absolute Gasteiger partial charge is 0.308 e. The van der Waals surface area contributed by atoms with E-state index < -0.39 is 0 Å². The molecule has 0 unspecified atom stereocenters. The predicted octanol–water partition coefficient (Wildman–Crippen LogP) is 2.01. The maximum absolute atomic E-state index is 12.1. The molecular weight excluding hydrogens is 308 g/mol. The molecule has 3 aromatic rings. The molecule has 124 valence electrons. The minimum atomic E-state index is -0.269. The van der Waals surface area contributed by atoms with Gasteiger partial charge in [-0.05, 0) is 42.0 Å². The van der Waals surface area contributed by atoms with Crippen LogP contribution in [0.5, 0.6) is 0 Å². The molecule has 2 aromatic heterocycles. The first-order valence-electron chi connectivity index (χ1n) is 7.68. The number of nitrogens with zero attached hydrogens (tertiary/aromatic N) is 5. The van der Waals surface area contributed by atoms with E-state index in [0.29, 0.717) is 11.5 Å². The maximum atomic E-state index is 12.1. The lowest BCUT2D eigenvalue weighted by Crippen LogP contribution is -2.20. The molecule has 0 amide bonds. The Morgan fingerprint density at radius 1 is 1.21 bits per heavy atom. The normalized spacial score (nSPS) is 12.3. The summed E-state index contributed by atoms with van der Waals surface area (Å²) >= 11 is 0. The number of rotatable bonds is 6. The van der Waals surface area contributed by atoms with E-state index in [0.717, 1.165) is 5.56 Å². The molecule has 0 aliphatic rings. The van der Waals surface area contributed by atoms with Crippen molar-refractivity contribution >= 4 is 17.4 Å². The van der Waals surface area contributed by atoms with Gasteiger partial charge in [0.25, 0.3) is 0 Å². The number of benzene rings is 1. The van der Waals surface area contributed by atoms with Crippen LogP contribution in [-0.2, 0) is 9.53 Å². The zero-order chi connectivity index (χ0) is 16.9. The Kier molecular flexibility index (Phi) is 4.64. The van der Waals surface area contributed by atoms with Crippen LogP contribution in [-0.4, -0.2) is 37.3 Å². The summed E-state index contributed by atoms with van der Waals surface area (Å²) in [6, 6.07) is 13.0. The zero-order valence-electron chi connectivity index (χ0n) is 13.5. The lowest BCUT2D eigenvalue weighted by atomic mass is 10.0. The van der Waals surface area contributed by atoms with Crippen molar-refractivity contribution in [1.82, 2.24) is 25.3 Å². The third kappa shape index (κ3) is 3.83. The van der Waals surface area contributed by atoms with Crippen LogP contribution in [0.2, 0.25) is 0 Å². The summed E-state index contributed by atoms with van der Waals surface area (Å²) in [4.78, 5) is 12.1. The van der Waals surface area contributed by atoms with Gasteiger partial charge in [0, 0.05) is 0 Å². The first kappa shape index (κ1) is 15.9. The molecule has 8 heteroatoms. The minimum absolute atomic E-state index is 0.148. The van der Waals surface area contributed by atoms with Crippen LogP contribution in [0.15, 0.2) is 42.5 Å². The van der Waals surface area contributed by atoms with E-state index in [4.69, 9.17) is 4.74 Å². The van der Waals surface area contributed by atoms with Gasteiger partial charge in [0.1, 0.15) is 5.82 Å². The van der Waals surface area contributed by atoms with E-state index in [1.165, 1.54) is 4.63 Å². The predicted molar refractivity (Wildman–Crippen MR) is 87.2 cm³/mol. The molecular formula is C16H18N6O2. The summed E-state index contributed by atoms with van der Waals surface area (Å²) in [6.07, 6.45) is 0.0435. The van der Waals surface area contributed by atoms with Gasteiger partial charge in [0.05, 0.1) is 18.6 Å². The molecule has 0 saturated heterocycles. The van der Waals surface area contributed by atoms with E-state index in [2.05, 4.69) is 25.9 Å². The number of aromatic nitrogens is 5. The molecule has 0 saturated carbocycles. The number of esters is 1. The second-order valence-corrected chi connectivity index (χ2v) is 5.60. The number of anilines is 1. The Morgan fingerprint density at radius 2 is 2.00 bits per heavy atom. The molecule has 1 aromatic carbocycles. The van der Waals surface area contributed by atoms with Crippen LogP contribution >= 0.6 is 0 Å². The quantitative estimate of drug-likeness (QED) is 0.692. The molecule has 24 heavy (non-hydrogen) atoms. The number of tetrazole rings is 1. The molecule has 0 aliphatic carbocycles. The van der Waals surface area contributed by atoms with Gasteiger partial charge in [-0.3, -0.25) is 4.79 Å². The van der Waals surface area contributed by atoms with Crippen LogP contribution in [0.4, 0.5) is 5.82 Å². The molecule has 0 radical (unpaired) electrons. The summed E-state index contributed by atoms with van der Waals surface area (Å²) in [5.41, 5.74) is 1.52. The number of carbonyl (C=O) groups is 1. The van der Waals surface area contributed by atoms with Crippen LogP contribution < -0.4 is 5.32 Å². The van der Waals surface area contributed by atoms with Gasteiger partial charge in [-0.2, -0.15) is 0 Å². The van der Waals surface area contributed by atoms with Crippen LogP contribution in [0.25, 0.3) is 5.65 Å². The van der Waals surface area contributed by atoms with Crippen molar-refractivity contribution < 1.29 is 9.53 Å². The Balaban J connectivity index is 1.82. The summed E-state index contributed by atoms with van der Waals surface area (Å²) in [5.74, 6) is 0.302. The van der Waals surface area contributed by atoms with Crippen molar-refractivity contribution in [3.63, 3.8) is 0 Å². The Morgan fingerprint density at radius 3 is 2.75 bits per heavy atom. The maximum Gasteiger partial charge on any atom is 0.308 e. The summed E-state index contributed by atoms with van der Waals surface area (Å²) < 4.78 is 6.59. The highest BCUT2D eigenvalue weighted by molar-refractivity contribution is 5.71. The Bertz CT molecular complexity index is 818. The van der Waals surface area contributed by atoms with E-state index >= 15 is 0 Å². The highest BCUT2D eigenvalue weighted by Crippen LogP contribution is 2.22. The van der Waals surface area contributed by atoms with Crippen molar-refractivity contribution in [3.8, 4) is 0 Å². The number of nitrogens with one attached hydrogen (secondary N) is 1. The standard InChI is InChI=1S/C16H18N6O2/c1-11(2)24-16(23)10-13(12-6-4-3-5-7-12)17-14-8-9-15-18-20-21-22(15)19-14/h3-9,11,13H,10H2,1-2H3,(H,17,19)/t13-/m0/s1. The number of hydrogen-bond donors (Lipinski definition) is 1. The van der Waals surface area contributed by atoms with Crippen molar-refractivity contribution in [1.29, 1.82) is 0 Å². The molecule has 3 rings (SSSR count). The average Bonchev–Trinajstić information content (AvgIpc) is 3.02. The van der Waals surface area contributed by atoms with E-state index in [9.17, 15) is 4.79 Å². The molecule has 1 N–H and O–H groups in total. The van der Waals surface area contributed by atoms with E-state index in [-0.39, 0.29) is 24.5 Å². The van der Waals surface area contributed by atoms with Gasteiger partial charge in [-0.1, -0.05) is 30.3 Å². The molecule has 0 fully saturated rings. The van der Waals surface area contributed by atoms with Crippen LogP contribution in [0, 0.1) is 0 Å².